The van der Waals surface area contributed by atoms with Crippen molar-refractivity contribution in [2.75, 3.05) is 7.11 Å². The molecule has 0 amide bonds. The molecule has 3 atom stereocenters. The first-order chi connectivity index (χ1) is 9.26. The maximum Gasteiger partial charge on any atom is 0.0830 e. The zero-order chi connectivity index (χ0) is 13.7. The molecule has 2 rings (SSSR count). The highest BCUT2D eigenvalue weighted by atomic mass is 16.5. The summed E-state index contributed by atoms with van der Waals surface area (Å²) < 4.78 is 5.43. The molecule has 0 aromatic heterocycles. The third kappa shape index (κ3) is 3.58. The Kier molecular flexibility index (Phi) is 5.41. The third-order valence-electron chi connectivity index (χ3n) is 4.32. The largest absolute Gasteiger partial charge is 0.390 e. The highest BCUT2D eigenvalue weighted by Gasteiger charge is 2.26. The molecule has 2 heteroatoms. The Balaban J connectivity index is 2.03. The molecule has 2 nitrogen and oxygen atoms in total. The maximum atomic E-state index is 10.4. The molecule has 106 valence electrons. The van der Waals surface area contributed by atoms with E-state index in [0.717, 1.165) is 19.3 Å². The average molecular weight is 262 g/mol. The van der Waals surface area contributed by atoms with Crippen molar-refractivity contribution in [3.05, 3.63) is 35.4 Å². The van der Waals surface area contributed by atoms with Crippen LogP contribution in [-0.2, 0) is 11.2 Å². The quantitative estimate of drug-likeness (QED) is 0.847. The lowest BCUT2D eigenvalue weighted by atomic mass is 9.79. The number of fused-ring (bicyclic) bond motifs is 1. The van der Waals surface area contributed by atoms with E-state index in [-0.39, 0.29) is 12.2 Å². The third-order valence-corrected chi connectivity index (χ3v) is 4.32. The minimum Gasteiger partial charge on any atom is -0.390 e. The van der Waals surface area contributed by atoms with Gasteiger partial charge in [-0.2, -0.15) is 0 Å². The van der Waals surface area contributed by atoms with Crippen molar-refractivity contribution in [2.24, 2.45) is 0 Å². The second-order valence-electron chi connectivity index (χ2n) is 5.65. The van der Waals surface area contributed by atoms with Gasteiger partial charge < -0.3 is 9.84 Å². The predicted octanol–water partition coefficient (Wildman–Crippen LogP) is 3.67. The molecule has 1 aromatic rings. The van der Waals surface area contributed by atoms with E-state index < -0.39 is 0 Å². The molecular formula is C17H26O2. The monoisotopic (exact) mass is 262 g/mol. The van der Waals surface area contributed by atoms with Gasteiger partial charge in [-0.1, -0.05) is 37.6 Å². The number of hydrogen-bond acceptors (Lipinski definition) is 2. The Morgan fingerprint density at radius 3 is 2.89 bits per heavy atom. The van der Waals surface area contributed by atoms with Crippen LogP contribution in [0.4, 0.5) is 0 Å². The normalized spacial score (nSPS) is 21.7. The Labute approximate surface area is 116 Å². The van der Waals surface area contributed by atoms with Crippen molar-refractivity contribution < 1.29 is 9.84 Å². The summed E-state index contributed by atoms with van der Waals surface area (Å²) >= 11 is 0. The van der Waals surface area contributed by atoms with Crippen molar-refractivity contribution in [1.82, 2.24) is 0 Å². The average Bonchev–Trinajstić information content (AvgIpc) is 2.45. The molecule has 0 aliphatic heterocycles. The first-order valence-electron chi connectivity index (χ1n) is 7.55. The Hall–Kier alpha value is -0.860. The molecule has 1 N–H and O–H groups in total. The fourth-order valence-corrected chi connectivity index (χ4v) is 3.29. The van der Waals surface area contributed by atoms with Gasteiger partial charge in [-0.3, -0.25) is 0 Å². The molecule has 0 spiro atoms. The van der Waals surface area contributed by atoms with Gasteiger partial charge >= 0.3 is 0 Å². The molecular weight excluding hydrogens is 236 g/mol. The number of rotatable bonds is 6. The van der Waals surface area contributed by atoms with Gasteiger partial charge in [0.05, 0.1) is 12.2 Å². The fraction of sp³-hybridized carbons (Fsp3) is 0.647. The number of methoxy groups -OCH3 is 1. The number of aliphatic hydroxyl groups is 1. The Morgan fingerprint density at radius 2 is 2.16 bits per heavy atom. The van der Waals surface area contributed by atoms with Crippen molar-refractivity contribution in [3.8, 4) is 0 Å². The lowest BCUT2D eigenvalue weighted by molar-refractivity contribution is -0.0239. The van der Waals surface area contributed by atoms with Gasteiger partial charge in [0.2, 0.25) is 0 Å². The van der Waals surface area contributed by atoms with Crippen LogP contribution >= 0.6 is 0 Å². The van der Waals surface area contributed by atoms with E-state index in [2.05, 4.69) is 31.2 Å². The van der Waals surface area contributed by atoms with Crippen molar-refractivity contribution in [1.29, 1.82) is 0 Å². The first-order valence-corrected chi connectivity index (χ1v) is 7.55. The highest BCUT2D eigenvalue weighted by molar-refractivity contribution is 5.32. The molecule has 19 heavy (non-hydrogen) atoms. The number of aryl methyl sites for hydroxylation is 1. The van der Waals surface area contributed by atoms with Gasteiger partial charge in [-0.15, -0.1) is 0 Å². The smallest absolute Gasteiger partial charge is 0.0830 e. The summed E-state index contributed by atoms with van der Waals surface area (Å²) in [6.45, 7) is 2.13. The predicted molar refractivity (Wildman–Crippen MR) is 78.4 cm³/mol. The molecule has 0 heterocycles. The second kappa shape index (κ2) is 7.06. The first kappa shape index (κ1) is 14.5. The molecule has 1 aliphatic carbocycles. The van der Waals surface area contributed by atoms with E-state index >= 15 is 0 Å². The van der Waals surface area contributed by atoms with E-state index in [0.29, 0.717) is 5.92 Å². The summed E-state index contributed by atoms with van der Waals surface area (Å²) in [5.74, 6) is 0.495. The van der Waals surface area contributed by atoms with Gasteiger partial charge in [0.1, 0.15) is 0 Å². The van der Waals surface area contributed by atoms with Crippen LogP contribution in [0.1, 0.15) is 56.1 Å². The standard InChI is InChI=1S/C17H26O2/c1-3-7-17(19-2)16(18)12-14-10-6-9-13-8-4-5-11-15(13)14/h4-5,8,11,14,16-18H,3,6-7,9-10,12H2,1-2H3. The van der Waals surface area contributed by atoms with E-state index in [1.54, 1.807) is 7.11 Å². The van der Waals surface area contributed by atoms with E-state index in [1.807, 2.05) is 0 Å². The van der Waals surface area contributed by atoms with Crippen molar-refractivity contribution in [2.45, 2.75) is 63.6 Å². The Bertz CT molecular complexity index is 389. The Morgan fingerprint density at radius 1 is 1.37 bits per heavy atom. The van der Waals surface area contributed by atoms with Crippen LogP contribution in [-0.4, -0.2) is 24.4 Å². The summed E-state index contributed by atoms with van der Waals surface area (Å²) in [5.41, 5.74) is 2.91. The zero-order valence-corrected chi connectivity index (χ0v) is 12.1. The lowest BCUT2D eigenvalue weighted by Gasteiger charge is -2.30. The van der Waals surface area contributed by atoms with Crippen molar-refractivity contribution in [3.63, 3.8) is 0 Å². The summed E-state index contributed by atoms with van der Waals surface area (Å²) in [4.78, 5) is 0. The summed E-state index contributed by atoms with van der Waals surface area (Å²) in [6, 6.07) is 8.69. The van der Waals surface area contributed by atoms with Crippen LogP contribution in [0.2, 0.25) is 0 Å². The fourth-order valence-electron chi connectivity index (χ4n) is 3.29. The lowest BCUT2D eigenvalue weighted by Crippen LogP contribution is -2.30. The van der Waals surface area contributed by atoms with Crippen LogP contribution in [0.25, 0.3) is 0 Å². The minimum absolute atomic E-state index is 0.0147. The zero-order valence-electron chi connectivity index (χ0n) is 12.1. The minimum atomic E-state index is -0.346. The summed E-state index contributed by atoms with van der Waals surface area (Å²) in [7, 11) is 1.71. The molecule has 3 unspecified atom stereocenters. The van der Waals surface area contributed by atoms with Gasteiger partial charge in [-0.05, 0) is 49.1 Å². The van der Waals surface area contributed by atoms with Crippen LogP contribution < -0.4 is 0 Å². The molecule has 1 aromatic carbocycles. The molecule has 0 radical (unpaired) electrons. The number of hydrogen-bond donors (Lipinski definition) is 1. The summed E-state index contributed by atoms with van der Waals surface area (Å²) in [5, 5.41) is 10.4. The maximum absolute atomic E-state index is 10.4. The van der Waals surface area contributed by atoms with Crippen molar-refractivity contribution >= 4 is 0 Å². The molecule has 1 aliphatic rings. The van der Waals surface area contributed by atoms with Crippen LogP contribution in [0.3, 0.4) is 0 Å². The van der Waals surface area contributed by atoms with Crippen LogP contribution in [0.5, 0.6) is 0 Å². The highest BCUT2D eigenvalue weighted by Crippen LogP contribution is 2.35. The van der Waals surface area contributed by atoms with Gasteiger partial charge in [0.25, 0.3) is 0 Å². The van der Waals surface area contributed by atoms with Gasteiger partial charge in [-0.25, -0.2) is 0 Å². The topological polar surface area (TPSA) is 29.5 Å². The SMILES string of the molecule is CCCC(OC)C(O)CC1CCCc2ccccc21. The van der Waals surface area contributed by atoms with E-state index in [9.17, 15) is 5.11 Å². The van der Waals surface area contributed by atoms with E-state index in [1.165, 1.54) is 30.4 Å². The van der Waals surface area contributed by atoms with Crippen LogP contribution in [0.15, 0.2) is 24.3 Å². The molecule has 0 fully saturated rings. The van der Waals surface area contributed by atoms with Crippen LogP contribution in [0, 0.1) is 0 Å². The second-order valence-corrected chi connectivity index (χ2v) is 5.65. The number of benzene rings is 1. The molecule has 0 saturated carbocycles. The molecule has 0 saturated heterocycles. The summed E-state index contributed by atoms with van der Waals surface area (Å²) in [6.07, 6.45) is 6.07. The van der Waals surface area contributed by atoms with E-state index in [4.69, 9.17) is 4.74 Å². The number of ether oxygens (including phenoxy) is 1. The number of aliphatic hydroxyl groups excluding tert-OH is 1. The van der Waals surface area contributed by atoms with Gasteiger partial charge in [0.15, 0.2) is 0 Å². The molecule has 0 bridgehead atoms. The van der Waals surface area contributed by atoms with Gasteiger partial charge in [0, 0.05) is 7.11 Å².